The van der Waals surface area contributed by atoms with Gasteiger partial charge in [-0.05, 0) is 52.6 Å². The van der Waals surface area contributed by atoms with E-state index in [1.807, 2.05) is 12.1 Å². The van der Waals surface area contributed by atoms with Gasteiger partial charge in [-0.3, -0.25) is 4.57 Å². The standard InChI is InChI=1S/C52H28N4O/c1-3-14-31-29(12-1)26-27-39-47(31)53-52(54-48(39)40-22-10-21-38-34-17-6-8-25-44(34)57-51(38)40)56-42-24-11-18-35-37-20-9-19-36-33-16-5-7-23-41(33)55(49(36)37)43-28-30-13-2-4-15-32(30)50(56)46(43)45(35)42/h1-28H. The molecule has 14 rings (SSSR count). The van der Waals surface area contributed by atoms with Crippen LogP contribution in [0.1, 0.15) is 0 Å². The van der Waals surface area contributed by atoms with Gasteiger partial charge in [-0.2, -0.15) is 0 Å². The molecule has 0 saturated heterocycles. The van der Waals surface area contributed by atoms with E-state index in [2.05, 4.69) is 167 Å². The van der Waals surface area contributed by atoms with Gasteiger partial charge in [-0.1, -0.05) is 133 Å². The fraction of sp³-hybridized carbons (Fsp3) is 0. The number of fused-ring (bicyclic) bond motifs is 13. The van der Waals surface area contributed by atoms with E-state index < -0.39 is 0 Å². The molecule has 0 unspecified atom stereocenters. The van der Waals surface area contributed by atoms with Crippen LogP contribution in [0.3, 0.4) is 0 Å². The quantitative estimate of drug-likeness (QED) is 0.167. The maximum absolute atomic E-state index is 6.68. The van der Waals surface area contributed by atoms with Crippen molar-refractivity contribution in [2.45, 2.75) is 0 Å². The van der Waals surface area contributed by atoms with E-state index >= 15 is 0 Å². The van der Waals surface area contributed by atoms with E-state index in [1.54, 1.807) is 0 Å². The Labute approximate surface area is 323 Å². The Morgan fingerprint density at radius 1 is 0.404 bits per heavy atom. The first-order chi connectivity index (χ1) is 28.3. The Morgan fingerprint density at radius 2 is 1.07 bits per heavy atom. The third kappa shape index (κ3) is 3.69. The number of aromatic nitrogens is 4. The van der Waals surface area contributed by atoms with Gasteiger partial charge in [0.05, 0.1) is 38.8 Å². The summed E-state index contributed by atoms with van der Waals surface area (Å²) in [6, 6.07) is 61.0. The Hall–Kier alpha value is -7.76. The van der Waals surface area contributed by atoms with Gasteiger partial charge in [-0.25, -0.2) is 9.97 Å². The van der Waals surface area contributed by atoms with Crippen molar-refractivity contribution in [1.29, 1.82) is 0 Å². The van der Waals surface area contributed by atoms with Crippen molar-refractivity contribution < 1.29 is 4.42 Å². The van der Waals surface area contributed by atoms with Gasteiger partial charge in [0.15, 0.2) is 0 Å². The highest BCUT2D eigenvalue weighted by molar-refractivity contribution is 6.34. The van der Waals surface area contributed by atoms with Gasteiger partial charge in [0.2, 0.25) is 5.95 Å². The van der Waals surface area contributed by atoms with Crippen molar-refractivity contribution >= 4 is 114 Å². The highest BCUT2D eigenvalue weighted by Gasteiger charge is 2.26. The summed E-state index contributed by atoms with van der Waals surface area (Å²) >= 11 is 0. The molecule has 0 aliphatic carbocycles. The zero-order chi connectivity index (χ0) is 36.9. The molecule has 5 heteroatoms. The fourth-order valence-electron chi connectivity index (χ4n) is 10.1. The van der Waals surface area contributed by atoms with Crippen molar-refractivity contribution in [3.8, 4) is 17.2 Å². The second-order valence-corrected chi connectivity index (χ2v) is 15.3. The van der Waals surface area contributed by atoms with Gasteiger partial charge < -0.3 is 8.82 Å². The lowest BCUT2D eigenvalue weighted by atomic mass is 10.0. The molecule has 57 heavy (non-hydrogen) atoms. The summed E-state index contributed by atoms with van der Waals surface area (Å²) in [5.74, 6) is 0.623. The van der Waals surface area contributed by atoms with Gasteiger partial charge in [0.1, 0.15) is 11.2 Å². The predicted octanol–water partition coefficient (Wildman–Crippen LogP) is 13.7. The van der Waals surface area contributed by atoms with Crippen molar-refractivity contribution in [1.82, 2.24) is 18.9 Å². The van der Waals surface area contributed by atoms with E-state index in [0.29, 0.717) is 5.95 Å². The van der Waals surface area contributed by atoms with E-state index in [1.165, 1.54) is 43.4 Å². The van der Waals surface area contributed by atoms with Crippen molar-refractivity contribution in [3.63, 3.8) is 0 Å². The number of benzene rings is 9. The van der Waals surface area contributed by atoms with Crippen LogP contribution in [-0.2, 0) is 0 Å². The molecular formula is C52H28N4O. The molecule has 0 radical (unpaired) electrons. The smallest absolute Gasteiger partial charge is 0.235 e. The van der Waals surface area contributed by atoms with Crippen molar-refractivity contribution in [3.05, 3.63) is 170 Å². The minimum atomic E-state index is 0.623. The average Bonchev–Trinajstić information content (AvgIpc) is 3.91. The molecule has 5 aromatic heterocycles. The lowest BCUT2D eigenvalue weighted by molar-refractivity contribution is 0.670. The first-order valence-electron chi connectivity index (χ1n) is 19.4. The highest BCUT2D eigenvalue weighted by atomic mass is 16.3. The Bertz CT molecular complexity index is 4050. The molecule has 0 spiro atoms. The third-order valence-corrected chi connectivity index (χ3v) is 12.4. The molecule has 262 valence electrons. The van der Waals surface area contributed by atoms with Crippen LogP contribution in [0.15, 0.2) is 174 Å². The van der Waals surface area contributed by atoms with E-state index in [0.717, 1.165) is 82.2 Å². The van der Waals surface area contributed by atoms with Crippen LogP contribution in [0.5, 0.6) is 0 Å². The zero-order valence-electron chi connectivity index (χ0n) is 30.4. The molecule has 0 saturated carbocycles. The topological polar surface area (TPSA) is 48.3 Å². The second-order valence-electron chi connectivity index (χ2n) is 15.3. The summed E-state index contributed by atoms with van der Waals surface area (Å²) in [6.07, 6.45) is 0. The SMILES string of the molecule is c1ccc2c(c1)ccc1c(-c3cccc4c3oc3ccccc34)nc(-n3c4cccc5c6cccc7c8ccccc8n(c8cc9ccccc9c3c8c54)c67)nc12. The molecule has 0 atom stereocenters. The minimum absolute atomic E-state index is 0.623. The Kier molecular flexibility index (Phi) is 5.45. The number of rotatable bonds is 2. The molecule has 0 amide bonds. The van der Waals surface area contributed by atoms with Gasteiger partial charge in [0.25, 0.3) is 0 Å². The fourth-order valence-corrected chi connectivity index (χ4v) is 10.1. The maximum atomic E-state index is 6.68. The predicted molar refractivity (Wildman–Crippen MR) is 236 cm³/mol. The first-order valence-corrected chi connectivity index (χ1v) is 19.4. The summed E-state index contributed by atoms with van der Waals surface area (Å²) in [5, 5.41) is 15.0. The van der Waals surface area contributed by atoms with Crippen LogP contribution in [0.4, 0.5) is 0 Å². The van der Waals surface area contributed by atoms with Crippen LogP contribution in [-0.4, -0.2) is 18.9 Å². The van der Waals surface area contributed by atoms with Crippen LogP contribution in [0.2, 0.25) is 0 Å². The Morgan fingerprint density at radius 3 is 1.98 bits per heavy atom. The number of nitrogens with zero attached hydrogens (tertiary/aromatic N) is 4. The highest BCUT2D eigenvalue weighted by Crippen LogP contribution is 2.47. The zero-order valence-corrected chi connectivity index (χ0v) is 30.4. The van der Waals surface area contributed by atoms with Crippen LogP contribution >= 0.6 is 0 Å². The molecule has 5 nitrogen and oxygen atoms in total. The summed E-state index contributed by atoms with van der Waals surface area (Å²) in [4.78, 5) is 11.3. The van der Waals surface area contributed by atoms with Gasteiger partial charge >= 0.3 is 0 Å². The van der Waals surface area contributed by atoms with Gasteiger partial charge in [0, 0.05) is 59.4 Å². The molecule has 0 aliphatic rings. The molecule has 0 bridgehead atoms. The summed E-state index contributed by atoms with van der Waals surface area (Å²) in [5.41, 5.74) is 10.1. The number of para-hydroxylation sites is 4. The van der Waals surface area contributed by atoms with Crippen LogP contribution in [0, 0.1) is 0 Å². The molecule has 9 aromatic carbocycles. The summed E-state index contributed by atoms with van der Waals surface area (Å²) in [6.45, 7) is 0. The molecule has 14 aromatic rings. The van der Waals surface area contributed by atoms with Crippen LogP contribution in [0.25, 0.3) is 131 Å². The third-order valence-electron chi connectivity index (χ3n) is 12.4. The Balaban J connectivity index is 1.23. The van der Waals surface area contributed by atoms with E-state index in [4.69, 9.17) is 14.4 Å². The largest absolute Gasteiger partial charge is 0.455 e. The van der Waals surface area contributed by atoms with Crippen molar-refractivity contribution in [2.24, 2.45) is 0 Å². The van der Waals surface area contributed by atoms with E-state index in [-0.39, 0.29) is 0 Å². The summed E-state index contributed by atoms with van der Waals surface area (Å²) in [7, 11) is 0. The molecule has 5 heterocycles. The molecule has 0 fully saturated rings. The maximum Gasteiger partial charge on any atom is 0.235 e. The number of hydrogen-bond acceptors (Lipinski definition) is 3. The van der Waals surface area contributed by atoms with Crippen LogP contribution < -0.4 is 0 Å². The average molecular weight is 725 g/mol. The van der Waals surface area contributed by atoms with Crippen molar-refractivity contribution in [2.75, 3.05) is 0 Å². The normalized spacial score (nSPS) is 12.6. The number of hydrogen-bond donors (Lipinski definition) is 0. The first kappa shape index (κ1) is 29.6. The second kappa shape index (κ2) is 10.5. The molecular weight excluding hydrogens is 697 g/mol. The van der Waals surface area contributed by atoms with E-state index in [9.17, 15) is 0 Å². The lowest BCUT2D eigenvalue weighted by Crippen LogP contribution is -2.04. The molecule has 0 N–H and O–H groups in total. The van der Waals surface area contributed by atoms with Gasteiger partial charge in [-0.15, -0.1) is 0 Å². The number of furan rings is 1. The minimum Gasteiger partial charge on any atom is -0.455 e. The lowest BCUT2D eigenvalue weighted by Gasteiger charge is -2.14. The molecule has 0 aliphatic heterocycles. The summed E-state index contributed by atoms with van der Waals surface area (Å²) < 4.78 is 11.5. The monoisotopic (exact) mass is 724 g/mol.